The smallest absolute Gasteiger partial charge is 0.241 e. The van der Waals surface area contributed by atoms with E-state index in [9.17, 15) is 8.42 Å². The summed E-state index contributed by atoms with van der Waals surface area (Å²) in [5.41, 5.74) is 0.831. The van der Waals surface area contributed by atoms with Crippen LogP contribution in [0.1, 0.15) is 19.4 Å². The summed E-state index contributed by atoms with van der Waals surface area (Å²) in [6, 6.07) is 9.07. The van der Waals surface area contributed by atoms with E-state index < -0.39 is 10.0 Å². The fraction of sp³-hybridized carbons (Fsp3) is 0.333. The second-order valence-corrected chi connectivity index (χ2v) is 7.64. The minimum absolute atomic E-state index is 0.215. The Morgan fingerprint density at radius 1 is 1.24 bits per heavy atom. The van der Waals surface area contributed by atoms with E-state index in [1.165, 1.54) is 11.3 Å². The van der Waals surface area contributed by atoms with Gasteiger partial charge in [-0.15, -0.1) is 0 Å². The highest BCUT2D eigenvalue weighted by Gasteiger charge is 2.15. The third kappa shape index (κ3) is 4.56. The quantitative estimate of drug-likeness (QED) is 0.850. The van der Waals surface area contributed by atoms with Gasteiger partial charge in [-0.05, 0) is 23.4 Å². The molecular formula is C15H19NO3S2. The van der Waals surface area contributed by atoms with Crippen molar-refractivity contribution in [1.82, 2.24) is 4.72 Å². The Bertz CT molecular complexity index is 664. The number of benzene rings is 1. The van der Waals surface area contributed by atoms with Crippen LogP contribution in [0.25, 0.3) is 0 Å². The number of nitrogens with one attached hydrogen (secondary N) is 1. The van der Waals surface area contributed by atoms with Gasteiger partial charge in [0.1, 0.15) is 5.75 Å². The largest absolute Gasteiger partial charge is 0.493 e. The summed E-state index contributed by atoms with van der Waals surface area (Å²) in [4.78, 5) is 0.299. The molecule has 0 spiro atoms. The summed E-state index contributed by atoms with van der Waals surface area (Å²) >= 11 is 1.36. The maximum atomic E-state index is 12.1. The van der Waals surface area contributed by atoms with E-state index in [1.54, 1.807) is 16.8 Å². The molecule has 114 valence electrons. The van der Waals surface area contributed by atoms with Crippen LogP contribution in [0, 0.1) is 5.92 Å². The van der Waals surface area contributed by atoms with E-state index >= 15 is 0 Å². The van der Waals surface area contributed by atoms with Gasteiger partial charge in [0.25, 0.3) is 0 Å². The molecule has 6 heteroatoms. The number of thiophene rings is 1. The van der Waals surface area contributed by atoms with Crippen LogP contribution in [0.4, 0.5) is 0 Å². The normalized spacial score (nSPS) is 11.8. The van der Waals surface area contributed by atoms with Gasteiger partial charge in [-0.25, -0.2) is 13.1 Å². The summed E-state index contributed by atoms with van der Waals surface area (Å²) in [5, 5.41) is 3.36. The van der Waals surface area contributed by atoms with E-state index in [0.717, 1.165) is 11.3 Å². The lowest BCUT2D eigenvalue weighted by Gasteiger charge is -2.13. The summed E-state index contributed by atoms with van der Waals surface area (Å²) in [7, 11) is -3.46. The minimum atomic E-state index is -3.46. The van der Waals surface area contributed by atoms with Crippen molar-refractivity contribution in [3.05, 3.63) is 46.7 Å². The Morgan fingerprint density at radius 3 is 2.67 bits per heavy atom. The maximum absolute atomic E-state index is 12.1. The number of ether oxygens (including phenoxy) is 1. The number of sulfonamides is 1. The predicted octanol–water partition coefficient (Wildman–Crippen LogP) is 3.26. The van der Waals surface area contributed by atoms with Crippen molar-refractivity contribution >= 4 is 21.4 Å². The maximum Gasteiger partial charge on any atom is 0.241 e. The van der Waals surface area contributed by atoms with Crippen LogP contribution in [0.15, 0.2) is 46.0 Å². The van der Waals surface area contributed by atoms with Gasteiger partial charge in [0.15, 0.2) is 0 Å². The molecule has 0 fully saturated rings. The number of rotatable bonds is 7. The van der Waals surface area contributed by atoms with Crippen molar-refractivity contribution in [3.63, 3.8) is 0 Å². The number of para-hydroxylation sites is 1. The van der Waals surface area contributed by atoms with Crippen molar-refractivity contribution in [3.8, 4) is 5.75 Å². The average molecular weight is 325 g/mol. The van der Waals surface area contributed by atoms with E-state index in [1.807, 2.05) is 24.3 Å². The summed E-state index contributed by atoms with van der Waals surface area (Å²) < 4.78 is 32.5. The van der Waals surface area contributed by atoms with Crippen molar-refractivity contribution in [1.29, 1.82) is 0 Å². The first kappa shape index (κ1) is 16.0. The predicted molar refractivity (Wildman–Crippen MR) is 85.1 cm³/mol. The molecule has 1 N–H and O–H groups in total. The van der Waals surface area contributed by atoms with Gasteiger partial charge >= 0.3 is 0 Å². The zero-order valence-corrected chi connectivity index (χ0v) is 13.7. The van der Waals surface area contributed by atoms with Crippen LogP contribution >= 0.6 is 11.3 Å². The Morgan fingerprint density at radius 2 is 2.00 bits per heavy atom. The summed E-state index contributed by atoms with van der Waals surface area (Å²) in [6.45, 7) is 4.96. The zero-order chi connectivity index (χ0) is 15.3. The van der Waals surface area contributed by atoms with Crippen molar-refractivity contribution in [2.45, 2.75) is 25.3 Å². The minimum Gasteiger partial charge on any atom is -0.493 e. The van der Waals surface area contributed by atoms with E-state index in [2.05, 4.69) is 18.6 Å². The molecule has 1 aromatic carbocycles. The SMILES string of the molecule is CC(C)COc1ccccc1CNS(=O)(=O)c1ccsc1. The molecule has 21 heavy (non-hydrogen) atoms. The molecule has 0 aliphatic carbocycles. The zero-order valence-electron chi connectivity index (χ0n) is 12.1. The highest BCUT2D eigenvalue weighted by Crippen LogP contribution is 2.20. The molecule has 0 unspecified atom stereocenters. The topological polar surface area (TPSA) is 55.4 Å². The van der Waals surface area contributed by atoms with E-state index in [4.69, 9.17) is 4.74 Å². The standard InChI is InChI=1S/C15H19NO3S2/c1-12(2)10-19-15-6-4-3-5-13(15)9-16-21(17,18)14-7-8-20-11-14/h3-8,11-12,16H,9-10H2,1-2H3. The molecule has 2 rings (SSSR count). The van der Waals surface area contributed by atoms with Crippen molar-refractivity contribution in [2.24, 2.45) is 5.92 Å². The number of hydrogen-bond acceptors (Lipinski definition) is 4. The molecule has 1 aromatic heterocycles. The molecule has 0 aliphatic rings. The lowest BCUT2D eigenvalue weighted by atomic mass is 10.2. The van der Waals surface area contributed by atoms with E-state index in [0.29, 0.717) is 17.4 Å². The third-order valence-electron chi connectivity index (χ3n) is 2.80. The average Bonchev–Trinajstić information content (AvgIpc) is 2.99. The van der Waals surface area contributed by atoms with Crippen LogP contribution in [0.5, 0.6) is 5.75 Å². The second-order valence-electron chi connectivity index (χ2n) is 5.10. The van der Waals surface area contributed by atoms with Gasteiger partial charge in [-0.1, -0.05) is 32.0 Å². The number of hydrogen-bond donors (Lipinski definition) is 1. The first-order chi connectivity index (χ1) is 9.99. The molecule has 0 saturated heterocycles. The monoisotopic (exact) mass is 325 g/mol. The molecule has 1 heterocycles. The van der Waals surface area contributed by atoms with Crippen LogP contribution in [-0.2, 0) is 16.6 Å². The molecule has 0 radical (unpaired) electrons. The summed E-state index contributed by atoms with van der Waals surface area (Å²) in [5.74, 6) is 1.14. The Kier molecular flexibility index (Phi) is 5.39. The van der Waals surface area contributed by atoms with Gasteiger partial charge in [-0.3, -0.25) is 0 Å². The Balaban J connectivity index is 2.06. The molecule has 0 bridgehead atoms. The highest BCUT2D eigenvalue weighted by atomic mass is 32.2. The van der Waals surface area contributed by atoms with Crippen LogP contribution in [-0.4, -0.2) is 15.0 Å². The molecule has 0 saturated carbocycles. The lowest BCUT2D eigenvalue weighted by molar-refractivity contribution is 0.268. The van der Waals surface area contributed by atoms with Gasteiger partial charge in [0.05, 0.1) is 11.5 Å². The van der Waals surface area contributed by atoms with Crippen molar-refractivity contribution in [2.75, 3.05) is 6.61 Å². The first-order valence-corrected chi connectivity index (χ1v) is 9.14. The Labute approximate surface area is 129 Å². The highest BCUT2D eigenvalue weighted by molar-refractivity contribution is 7.89. The van der Waals surface area contributed by atoms with Gasteiger partial charge in [0, 0.05) is 17.5 Å². The molecule has 0 atom stereocenters. The Hall–Kier alpha value is -1.37. The van der Waals surface area contributed by atoms with Gasteiger partial charge in [-0.2, -0.15) is 11.3 Å². The summed E-state index contributed by atoms with van der Waals surface area (Å²) in [6.07, 6.45) is 0. The van der Waals surface area contributed by atoms with Crippen LogP contribution < -0.4 is 9.46 Å². The van der Waals surface area contributed by atoms with Crippen molar-refractivity contribution < 1.29 is 13.2 Å². The second kappa shape index (κ2) is 7.06. The van der Waals surface area contributed by atoms with Crippen LogP contribution in [0.2, 0.25) is 0 Å². The lowest BCUT2D eigenvalue weighted by Crippen LogP contribution is -2.23. The molecule has 0 aliphatic heterocycles. The van der Waals surface area contributed by atoms with Gasteiger partial charge < -0.3 is 4.74 Å². The first-order valence-electron chi connectivity index (χ1n) is 6.71. The van der Waals surface area contributed by atoms with Crippen LogP contribution in [0.3, 0.4) is 0 Å². The molecule has 2 aromatic rings. The van der Waals surface area contributed by atoms with Gasteiger partial charge in [0.2, 0.25) is 10.0 Å². The molecule has 0 amide bonds. The fourth-order valence-electron chi connectivity index (χ4n) is 1.71. The molecular weight excluding hydrogens is 306 g/mol. The molecule has 4 nitrogen and oxygen atoms in total. The van der Waals surface area contributed by atoms with E-state index in [-0.39, 0.29) is 6.54 Å². The fourth-order valence-corrected chi connectivity index (χ4v) is 3.74. The third-order valence-corrected chi connectivity index (χ3v) is 5.03.